The second kappa shape index (κ2) is 10.2. The van der Waals surface area contributed by atoms with Crippen molar-refractivity contribution in [1.82, 2.24) is 20.3 Å². The van der Waals surface area contributed by atoms with Crippen molar-refractivity contribution in [1.29, 1.82) is 5.26 Å². The van der Waals surface area contributed by atoms with Crippen LogP contribution in [0.3, 0.4) is 0 Å². The molecule has 9 nitrogen and oxygen atoms in total. The lowest BCUT2D eigenvalue weighted by atomic mass is 10.00. The number of aromatic nitrogens is 3. The molecule has 0 bridgehead atoms. The molecule has 0 aliphatic carbocycles. The molecular formula is C23H24FN7O2. The third kappa shape index (κ3) is 5.15. The van der Waals surface area contributed by atoms with Gasteiger partial charge in [-0.25, -0.2) is 14.4 Å². The zero-order valence-electron chi connectivity index (χ0n) is 18.0. The van der Waals surface area contributed by atoms with Crippen LogP contribution in [0.2, 0.25) is 0 Å². The first-order chi connectivity index (χ1) is 16.1. The Morgan fingerprint density at radius 1 is 1.30 bits per heavy atom. The molecule has 0 saturated carbocycles. The van der Waals surface area contributed by atoms with Crippen LogP contribution < -0.4 is 16.4 Å². The molecule has 2 aromatic heterocycles. The number of amides is 1. The van der Waals surface area contributed by atoms with Gasteiger partial charge in [0.05, 0.1) is 16.8 Å². The maximum atomic E-state index is 14.4. The maximum absolute atomic E-state index is 14.4. The number of nitrogen functional groups attached to an aromatic ring is 1. The summed E-state index contributed by atoms with van der Waals surface area (Å²) >= 11 is 0. The van der Waals surface area contributed by atoms with E-state index in [0.29, 0.717) is 66.6 Å². The minimum atomic E-state index is -0.432. The number of hydrogen-bond acceptors (Lipinski definition) is 8. The van der Waals surface area contributed by atoms with E-state index >= 15 is 0 Å². The molecule has 1 amide bonds. The lowest BCUT2D eigenvalue weighted by molar-refractivity contribution is 0.0642. The van der Waals surface area contributed by atoms with Crippen molar-refractivity contribution in [2.45, 2.75) is 19.3 Å². The Bertz CT molecular complexity index is 1210. The summed E-state index contributed by atoms with van der Waals surface area (Å²) in [6.07, 6.45) is 3.40. The van der Waals surface area contributed by atoms with Crippen LogP contribution in [0.4, 0.5) is 16.0 Å². The normalized spacial score (nSPS) is 14.1. The fraction of sp³-hybridized carbons (Fsp3) is 0.348. The predicted molar refractivity (Wildman–Crippen MR) is 121 cm³/mol. The number of rotatable bonds is 7. The number of nitrogens with one attached hydrogen (secondary N) is 2. The van der Waals surface area contributed by atoms with E-state index in [2.05, 4.69) is 25.6 Å². The van der Waals surface area contributed by atoms with Gasteiger partial charge in [-0.1, -0.05) is 6.07 Å². The quantitative estimate of drug-likeness (QED) is 0.500. The highest BCUT2D eigenvalue weighted by Crippen LogP contribution is 2.22. The van der Waals surface area contributed by atoms with Gasteiger partial charge in [-0.05, 0) is 37.0 Å². The molecule has 1 aromatic carbocycles. The molecule has 0 unspecified atom stereocenters. The van der Waals surface area contributed by atoms with Gasteiger partial charge in [0.1, 0.15) is 35.4 Å². The third-order valence-corrected chi connectivity index (χ3v) is 5.66. The van der Waals surface area contributed by atoms with Crippen molar-refractivity contribution >= 4 is 28.4 Å². The number of anilines is 2. The summed E-state index contributed by atoms with van der Waals surface area (Å²) in [5.74, 6) is 0.0202. The van der Waals surface area contributed by atoms with Crippen molar-refractivity contribution in [3.63, 3.8) is 0 Å². The fourth-order valence-corrected chi connectivity index (χ4v) is 3.81. The van der Waals surface area contributed by atoms with Gasteiger partial charge < -0.3 is 21.1 Å². The first-order valence-electron chi connectivity index (χ1n) is 10.8. The highest BCUT2D eigenvalue weighted by Gasteiger charge is 2.19. The summed E-state index contributed by atoms with van der Waals surface area (Å²) in [4.78, 5) is 25.5. The molecule has 3 aromatic rings. The van der Waals surface area contributed by atoms with E-state index in [1.165, 1.54) is 12.4 Å². The Morgan fingerprint density at radius 3 is 2.91 bits per heavy atom. The van der Waals surface area contributed by atoms with Gasteiger partial charge in [0, 0.05) is 38.1 Å². The summed E-state index contributed by atoms with van der Waals surface area (Å²) in [7, 11) is 0. The van der Waals surface area contributed by atoms with Gasteiger partial charge >= 0.3 is 0 Å². The van der Waals surface area contributed by atoms with Gasteiger partial charge in [-0.15, -0.1) is 0 Å². The van der Waals surface area contributed by atoms with Crippen molar-refractivity contribution in [3.05, 3.63) is 53.2 Å². The number of carbonyl (C=O) groups excluding carboxylic acids is 1. The molecule has 170 valence electrons. The Balaban J connectivity index is 1.54. The monoisotopic (exact) mass is 449 g/mol. The Kier molecular flexibility index (Phi) is 6.90. The van der Waals surface area contributed by atoms with Crippen LogP contribution in [-0.2, 0) is 11.2 Å². The zero-order valence-corrected chi connectivity index (χ0v) is 18.0. The smallest absolute Gasteiger partial charge is 0.253 e. The van der Waals surface area contributed by atoms with Crippen LogP contribution in [-0.4, -0.2) is 47.2 Å². The number of hydrogen-bond donors (Lipinski definition) is 3. The summed E-state index contributed by atoms with van der Waals surface area (Å²) in [6, 6.07) is 8.16. The number of nitrogens with zero attached hydrogens (tertiary/aromatic N) is 4. The van der Waals surface area contributed by atoms with E-state index in [1.54, 1.807) is 18.2 Å². The molecule has 0 atom stereocenters. The summed E-state index contributed by atoms with van der Waals surface area (Å²) < 4.78 is 19.7. The Labute approximate surface area is 190 Å². The molecule has 0 radical (unpaired) electrons. The number of pyridine rings is 1. The number of nitrogens with two attached hydrogens (primary N) is 1. The minimum Gasteiger partial charge on any atom is -0.382 e. The van der Waals surface area contributed by atoms with Crippen molar-refractivity contribution in [2.75, 3.05) is 37.4 Å². The van der Waals surface area contributed by atoms with Crippen LogP contribution in [0.1, 0.15) is 34.5 Å². The lowest BCUT2D eigenvalue weighted by Crippen LogP contribution is -2.33. The zero-order chi connectivity index (χ0) is 23.2. The number of benzene rings is 1. The van der Waals surface area contributed by atoms with Crippen molar-refractivity contribution < 1.29 is 13.9 Å². The highest BCUT2D eigenvalue weighted by molar-refractivity contribution is 5.98. The van der Waals surface area contributed by atoms with Gasteiger partial charge in [0.25, 0.3) is 5.91 Å². The van der Waals surface area contributed by atoms with Gasteiger partial charge in [-0.3, -0.25) is 9.78 Å². The van der Waals surface area contributed by atoms with Crippen LogP contribution >= 0.6 is 0 Å². The first-order valence-corrected chi connectivity index (χ1v) is 10.8. The van der Waals surface area contributed by atoms with Crippen molar-refractivity contribution in [2.24, 2.45) is 5.92 Å². The van der Waals surface area contributed by atoms with E-state index in [-0.39, 0.29) is 17.3 Å². The van der Waals surface area contributed by atoms with Gasteiger partial charge in [-0.2, -0.15) is 5.26 Å². The van der Waals surface area contributed by atoms with Crippen LogP contribution in [0.15, 0.2) is 30.6 Å². The van der Waals surface area contributed by atoms with Crippen LogP contribution in [0.5, 0.6) is 0 Å². The van der Waals surface area contributed by atoms with Gasteiger partial charge in [0.2, 0.25) is 0 Å². The molecule has 1 aliphatic heterocycles. The average molecular weight is 449 g/mol. The van der Waals surface area contributed by atoms with E-state index < -0.39 is 5.82 Å². The largest absolute Gasteiger partial charge is 0.382 e. The second-order valence-electron chi connectivity index (χ2n) is 7.83. The number of nitriles is 1. The minimum absolute atomic E-state index is 0.0856. The van der Waals surface area contributed by atoms with Crippen LogP contribution in [0.25, 0.3) is 10.9 Å². The molecule has 3 heterocycles. The highest BCUT2D eigenvalue weighted by atomic mass is 19.1. The summed E-state index contributed by atoms with van der Waals surface area (Å²) in [6.45, 7) is 2.25. The molecule has 33 heavy (non-hydrogen) atoms. The molecule has 4 N–H and O–H groups in total. The Hall–Kier alpha value is -3.84. The molecule has 1 aliphatic rings. The number of carbonyl (C=O) groups is 1. The number of ether oxygens (including phenoxy) is 1. The Morgan fingerprint density at radius 2 is 2.12 bits per heavy atom. The average Bonchev–Trinajstić information content (AvgIpc) is 2.83. The van der Waals surface area contributed by atoms with Gasteiger partial charge in [0.15, 0.2) is 0 Å². The lowest BCUT2D eigenvalue weighted by Gasteiger charge is -2.22. The fourth-order valence-electron chi connectivity index (χ4n) is 3.81. The molecule has 4 rings (SSSR count). The molecular weight excluding hydrogens is 425 g/mol. The third-order valence-electron chi connectivity index (χ3n) is 5.66. The predicted octanol–water partition coefficient (Wildman–Crippen LogP) is 2.43. The van der Waals surface area contributed by atoms with E-state index in [0.717, 1.165) is 12.8 Å². The van der Waals surface area contributed by atoms with E-state index in [4.69, 9.17) is 10.5 Å². The SMILES string of the molecule is N#Cc1c(N)ncnc1NCCc1nc2cccc(F)c2cc1C(=O)NCC1CCOCC1. The second-order valence-corrected chi connectivity index (χ2v) is 7.83. The standard InChI is InChI=1S/C23H24FN7O2/c24-18-2-1-3-19-15(18)10-16(23(32)28-12-14-5-8-33-9-6-14)20(31-19)4-7-27-22-17(11-25)21(26)29-13-30-22/h1-3,10,13-14H,4-9,12H2,(H,28,32)(H3,26,27,29,30). The molecule has 1 saturated heterocycles. The topological polar surface area (TPSA) is 139 Å². The summed E-state index contributed by atoms with van der Waals surface area (Å²) in [5, 5.41) is 15.6. The maximum Gasteiger partial charge on any atom is 0.253 e. The number of halogens is 1. The van der Waals surface area contributed by atoms with E-state index in [1.807, 2.05) is 6.07 Å². The summed E-state index contributed by atoms with van der Waals surface area (Å²) in [5.41, 5.74) is 7.19. The van der Waals surface area contributed by atoms with E-state index in [9.17, 15) is 14.4 Å². The molecule has 10 heteroatoms. The molecule has 0 spiro atoms. The van der Waals surface area contributed by atoms with Crippen LogP contribution in [0, 0.1) is 23.1 Å². The number of fused-ring (bicyclic) bond motifs is 1. The van der Waals surface area contributed by atoms with Crippen molar-refractivity contribution in [3.8, 4) is 6.07 Å². The molecule has 1 fully saturated rings. The first kappa shape index (κ1) is 22.4.